The van der Waals surface area contributed by atoms with Crippen molar-refractivity contribution in [3.8, 4) is 11.5 Å². The summed E-state index contributed by atoms with van der Waals surface area (Å²) in [6.45, 7) is 0.726. The number of methoxy groups -OCH3 is 1. The molecule has 1 aromatic carbocycles. The number of carbonyl (C=O) groups is 1. The molecule has 0 spiro atoms. The van der Waals surface area contributed by atoms with Crippen molar-refractivity contribution in [2.24, 2.45) is 0 Å². The second-order valence-electron chi connectivity index (χ2n) is 5.04. The molecule has 21 heavy (non-hydrogen) atoms. The standard InChI is InChI=1S/C16H21NO4/c1-17(2)15(18)9-7-12-6-8-13(19-3)14(11-12)21-16-5-4-10-20-16/h6-9,11,16H,4-5,10H2,1-3H3. The minimum Gasteiger partial charge on any atom is -0.493 e. The summed E-state index contributed by atoms with van der Waals surface area (Å²) < 4.78 is 16.6. The number of rotatable bonds is 5. The number of amides is 1. The second kappa shape index (κ2) is 7.13. The van der Waals surface area contributed by atoms with Crippen molar-refractivity contribution >= 4 is 12.0 Å². The van der Waals surface area contributed by atoms with Crippen LogP contribution in [0.4, 0.5) is 0 Å². The quantitative estimate of drug-likeness (QED) is 0.781. The molecule has 0 saturated carbocycles. The minimum absolute atomic E-state index is 0.0626. The number of benzene rings is 1. The van der Waals surface area contributed by atoms with Gasteiger partial charge in [-0.25, -0.2) is 0 Å². The Kier molecular flexibility index (Phi) is 5.22. The molecular weight excluding hydrogens is 270 g/mol. The first kappa shape index (κ1) is 15.4. The van der Waals surface area contributed by atoms with Crippen LogP contribution in [0.15, 0.2) is 24.3 Å². The molecule has 0 bridgehead atoms. The average molecular weight is 291 g/mol. The molecule has 114 valence electrons. The number of nitrogens with zero attached hydrogens (tertiary/aromatic N) is 1. The van der Waals surface area contributed by atoms with Gasteiger partial charge in [0.25, 0.3) is 0 Å². The Morgan fingerprint density at radius 2 is 2.19 bits per heavy atom. The Bertz CT molecular complexity index is 519. The summed E-state index contributed by atoms with van der Waals surface area (Å²) in [5, 5.41) is 0. The van der Waals surface area contributed by atoms with Crippen LogP contribution in [0.3, 0.4) is 0 Å². The van der Waals surface area contributed by atoms with Crippen molar-refractivity contribution in [2.45, 2.75) is 19.1 Å². The van der Waals surface area contributed by atoms with Crippen molar-refractivity contribution < 1.29 is 19.0 Å². The molecule has 1 amide bonds. The van der Waals surface area contributed by atoms with Gasteiger partial charge in [-0.3, -0.25) is 4.79 Å². The van der Waals surface area contributed by atoms with Gasteiger partial charge in [0.1, 0.15) is 0 Å². The smallest absolute Gasteiger partial charge is 0.246 e. The fraction of sp³-hybridized carbons (Fsp3) is 0.438. The molecule has 5 nitrogen and oxygen atoms in total. The van der Waals surface area contributed by atoms with Gasteiger partial charge < -0.3 is 19.1 Å². The van der Waals surface area contributed by atoms with Crippen molar-refractivity contribution in [2.75, 3.05) is 27.8 Å². The summed E-state index contributed by atoms with van der Waals surface area (Å²) >= 11 is 0. The molecule has 1 unspecified atom stereocenters. The van der Waals surface area contributed by atoms with E-state index >= 15 is 0 Å². The zero-order chi connectivity index (χ0) is 15.2. The topological polar surface area (TPSA) is 48.0 Å². The lowest BCUT2D eigenvalue weighted by Gasteiger charge is -2.16. The highest BCUT2D eigenvalue weighted by Gasteiger charge is 2.18. The molecule has 0 N–H and O–H groups in total. The minimum atomic E-state index is -0.221. The van der Waals surface area contributed by atoms with Crippen LogP contribution in [0.1, 0.15) is 18.4 Å². The van der Waals surface area contributed by atoms with Gasteiger partial charge in [-0.2, -0.15) is 0 Å². The molecule has 2 rings (SSSR count). The van der Waals surface area contributed by atoms with Gasteiger partial charge in [-0.05, 0) is 30.2 Å². The lowest BCUT2D eigenvalue weighted by Crippen LogP contribution is -2.18. The fourth-order valence-corrected chi connectivity index (χ4v) is 1.99. The van der Waals surface area contributed by atoms with Gasteiger partial charge in [0.05, 0.1) is 13.7 Å². The third-order valence-corrected chi connectivity index (χ3v) is 3.19. The largest absolute Gasteiger partial charge is 0.493 e. The molecule has 5 heteroatoms. The lowest BCUT2D eigenvalue weighted by molar-refractivity contribution is -0.123. The summed E-state index contributed by atoms with van der Waals surface area (Å²) in [6.07, 6.45) is 4.94. The predicted octanol–water partition coefficient (Wildman–Crippen LogP) is 2.31. The first-order valence-electron chi connectivity index (χ1n) is 6.96. The average Bonchev–Trinajstić information content (AvgIpc) is 2.97. The first-order valence-corrected chi connectivity index (χ1v) is 6.96. The molecule has 1 fully saturated rings. The van der Waals surface area contributed by atoms with E-state index in [0.717, 1.165) is 25.0 Å². The lowest BCUT2D eigenvalue weighted by atomic mass is 10.2. The molecular formula is C16H21NO4. The van der Waals surface area contributed by atoms with Gasteiger partial charge in [0.15, 0.2) is 17.8 Å². The third-order valence-electron chi connectivity index (χ3n) is 3.19. The van der Waals surface area contributed by atoms with Crippen molar-refractivity contribution in [1.29, 1.82) is 0 Å². The Morgan fingerprint density at radius 3 is 2.81 bits per heavy atom. The summed E-state index contributed by atoms with van der Waals surface area (Å²) in [5.41, 5.74) is 0.874. The predicted molar refractivity (Wildman–Crippen MR) is 80.3 cm³/mol. The Labute approximate surface area is 125 Å². The fourth-order valence-electron chi connectivity index (χ4n) is 1.99. The van der Waals surface area contributed by atoms with E-state index in [-0.39, 0.29) is 12.2 Å². The monoisotopic (exact) mass is 291 g/mol. The summed E-state index contributed by atoms with van der Waals surface area (Å²) in [6, 6.07) is 5.55. The van der Waals surface area contributed by atoms with E-state index < -0.39 is 0 Å². The van der Waals surface area contributed by atoms with Gasteiger partial charge >= 0.3 is 0 Å². The van der Waals surface area contributed by atoms with E-state index in [1.807, 2.05) is 18.2 Å². The third kappa shape index (κ3) is 4.23. The van der Waals surface area contributed by atoms with Crippen LogP contribution in [-0.4, -0.2) is 44.9 Å². The van der Waals surface area contributed by atoms with E-state index in [1.165, 1.54) is 11.0 Å². The van der Waals surface area contributed by atoms with Gasteiger partial charge in [0, 0.05) is 26.6 Å². The second-order valence-corrected chi connectivity index (χ2v) is 5.04. The Balaban J connectivity index is 2.14. The zero-order valence-electron chi connectivity index (χ0n) is 12.7. The van der Waals surface area contributed by atoms with Crippen molar-refractivity contribution in [1.82, 2.24) is 4.90 Å². The zero-order valence-corrected chi connectivity index (χ0v) is 12.7. The van der Waals surface area contributed by atoms with Crippen LogP contribution in [-0.2, 0) is 9.53 Å². The summed E-state index contributed by atoms with van der Waals surface area (Å²) in [7, 11) is 5.03. The van der Waals surface area contributed by atoms with Crippen LogP contribution in [0.5, 0.6) is 11.5 Å². The van der Waals surface area contributed by atoms with E-state index in [0.29, 0.717) is 11.5 Å². The van der Waals surface area contributed by atoms with Crippen LogP contribution in [0.2, 0.25) is 0 Å². The highest BCUT2D eigenvalue weighted by molar-refractivity contribution is 5.91. The number of hydrogen-bond acceptors (Lipinski definition) is 4. The van der Waals surface area contributed by atoms with E-state index in [1.54, 1.807) is 27.3 Å². The highest BCUT2D eigenvalue weighted by Crippen LogP contribution is 2.31. The molecule has 0 aromatic heterocycles. The number of carbonyl (C=O) groups excluding carboxylic acids is 1. The maximum atomic E-state index is 11.6. The molecule has 1 aliphatic rings. The number of likely N-dealkylation sites (N-methyl/N-ethyl adjacent to an activating group) is 1. The first-order chi connectivity index (χ1) is 10.1. The van der Waals surface area contributed by atoms with Crippen molar-refractivity contribution in [3.63, 3.8) is 0 Å². The van der Waals surface area contributed by atoms with Crippen LogP contribution in [0.25, 0.3) is 6.08 Å². The highest BCUT2D eigenvalue weighted by atomic mass is 16.7. The number of ether oxygens (including phenoxy) is 3. The normalized spacial score (nSPS) is 18.0. The Hall–Kier alpha value is -2.01. The van der Waals surface area contributed by atoms with E-state index in [2.05, 4.69) is 0 Å². The summed E-state index contributed by atoms with van der Waals surface area (Å²) in [4.78, 5) is 13.1. The van der Waals surface area contributed by atoms with Crippen LogP contribution < -0.4 is 9.47 Å². The van der Waals surface area contributed by atoms with Gasteiger partial charge in [-0.15, -0.1) is 0 Å². The van der Waals surface area contributed by atoms with E-state index in [4.69, 9.17) is 14.2 Å². The molecule has 1 aliphatic heterocycles. The van der Waals surface area contributed by atoms with Crippen LogP contribution >= 0.6 is 0 Å². The van der Waals surface area contributed by atoms with Gasteiger partial charge in [-0.1, -0.05) is 6.07 Å². The van der Waals surface area contributed by atoms with Crippen LogP contribution in [0, 0.1) is 0 Å². The van der Waals surface area contributed by atoms with E-state index in [9.17, 15) is 4.79 Å². The molecule has 1 aromatic rings. The SMILES string of the molecule is COc1ccc(C=CC(=O)N(C)C)cc1OC1CCCO1. The maximum absolute atomic E-state index is 11.6. The molecule has 1 heterocycles. The number of hydrogen-bond donors (Lipinski definition) is 0. The Morgan fingerprint density at radius 1 is 1.38 bits per heavy atom. The molecule has 1 atom stereocenters. The maximum Gasteiger partial charge on any atom is 0.246 e. The molecule has 1 saturated heterocycles. The molecule has 0 aliphatic carbocycles. The summed E-state index contributed by atoms with van der Waals surface area (Å²) in [5.74, 6) is 1.22. The van der Waals surface area contributed by atoms with Crippen molar-refractivity contribution in [3.05, 3.63) is 29.8 Å². The molecule has 0 radical (unpaired) electrons. The van der Waals surface area contributed by atoms with Gasteiger partial charge in [0.2, 0.25) is 5.91 Å².